The second-order valence-electron chi connectivity index (χ2n) is 2.27. The Morgan fingerprint density at radius 3 is 2.67 bits per heavy atom. The molecule has 1 unspecified atom stereocenters. The van der Waals surface area contributed by atoms with Crippen LogP contribution in [0.1, 0.15) is 6.92 Å². The molecular formula is C7H8ClIN2S. The van der Waals surface area contributed by atoms with E-state index in [0.717, 1.165) is 8.73 Å². The summed E-state index contributed by atoms with van der Waals surface area (Å²) in [5.41, 5.74) is 0. The number of nitrogens with zero attached hydrogens (tertiary/aromatic N) is 2. The monoisotopic (exact) mass is 314 g/mol. The molecule has 0 amide bonds. The van der Waals surface area contributed by atoms with E-state index in [2.05, 4.69) is 39.5 Å². The van der Waals surface area contributed by atoms with Gasteiger partial charge in [-0.2, -0.15) is 0 Å². The van der Waals surface area contributed by atoms with Crippen LogP contribution in [0.2, 0.25) is 0 Å². The number of hydrogen-bond acceptors (Lipinski definition) is 3. The fraction of sp³-hybridized carbons (Fsp3) is 0.429. The smallest absolute Gasteiger partial charge is 0.187 e. The topological polar surface area (TPSA) is 25.8 Å². The molecule has 0 bridgehead atoms. The molecule has 1 heterocycles. The molecule has 1 atom stereocenters. The van der Waals surface area contributed by atoms with Gasteiger partial charge in [0.05, 0.1) is 0 Å². The fourth-order valence-corrected chi connectivity index (χ4v) is 1.69. The number of rotatable bonds is 3. The maximum atomic E-state index is 5.66. The van der Waals surface area contributed by atoms with Crippen molar-refractivity contribution in [1.82, 2.24) is 9.97 Å². The van der Waals surface area contributed by atoms with Crippen molar-refractivity contribution in [3.05, 3.63) is 16.0 Å². The lowest BCUT2D eigenvalue weighted by Crippen LogP contribution is -1.99. The summed E-state index contributed by atoms with van der Waals surface area (Å²) in [4.78, 5) is 8.30. The van der Waals surface area contributed by atoms with Crippen LogP contribution in [0, 0.1) is 3.57 Å². The molecular weight excluding hydrogens is 307 g/mol. The fourth-order valence-electron chi connectivity index (χ4n) is 0.573. The van der Waals surface area contributed by atoms with E-state index in [1.54, 1.807) is 24.2 Å². The highest BCUT2D eigenvalue weighted by Gasteiger charge is 2.04. The van der Waals surface area contributed by atoms with E-state index in [-0.39, 0.29) is 0 Å². The standard InChI is InChI=1S/C7H8ClIN2S/c1-5(2-8)12-7-10-3-6(9)4-11-7/h3-5H,2H2,1H3. The van der Waals surface area contributed by atoms with E-state index in [0.29, 0.717) is 11.1 Å². The largest absolute Gasteiger partial charge is 0.230 e. The highest BCUT2D eigenvalue weighted by atomic mass is 127. The number of hydrogen-bond donors (Lipinski definition) is 0. The Bertz CT molecular complexity index is 242. The van der Waals surface area contributed by atoms with Crippen LogP contribution >= 0.6 is 46.0 Å². The molecule has 1 rings (SSSR count). The molecule has 0 aromatic carbocycles. The van der Waals surface area contributed by atoms with Gasteiger partial charge in [0.2, 0.25) is 0 Å². The summed E-state index contributed by atoms with van der Waals surface area (Å²) in [6.45, 7) is 2.05. The van der Waals surface area contributed by atoms with Crippen LogP contribution in [-0.4, -0.2) is 21.1 Å². The van der Waals surface area contributed by atoms with E-state index in [4.69, 9.17) is 11.6 Å². The molecule has 0 saturated carbocycles. The van der Waals surface area contributed by atoms with Gasteiger partial charge in [-0.1, -0.05) is 18.7 Å². The van der Waals surface area contributed by atoms with Gasteiger partial charge in [-0.05, 0) is 22.6 Å². The molecule has 0 aliphatic rings. The molecule has 1 aromatic rings. The van der Waals surface area contributed by atoms with Crippen LogP contribution in [-0.2, 0) is 0 Å². The van der Waals surface area contributed by atoms with Gasteiger partial charge in [-0.25, -0.2) is 9.97 Å². The van der Waals surface area contributed by atoms with Crippen molar-refractivity contribution in [2.45, 2.75) is 17.3 Å². The molecule has 0 spiro atoms. The molecule has 66 valence electrons. The van der Waals surface area contributed by atoms with E-state index in [9.17, 15) is 0 Å². The van der Waals surface area contributed by atoms with Gasteiger partial charge in [0.1, 0.15) is 0 Å². The number of aromatic nitrogens is 2. The second-order valence-corrected chi connectivity index (χ2v) is 5.23. The van der Waals surface area contributed by atoms with Crippen LogP contribution in [0.5, 0.6) is 0 Å². The first-order chi connectivity index (χ1) is 5.72. The molecule has 0 saturated heterocycles. The summed E-state index contributed by atoms with van der Waals surface area (Å²) < 4.78 is 1.05. The van der Waals surface area contributed by atoms with Crippen LogP contribution in [0.4, 0.5) is 0 Å². The van der Waals surface area contributed by atoms with Gasteiger partial charge < -0.3 is 0 Å². The minimum atomic E-state index is 0.367. The van der Waals surface area contributed by atoms with Crippen LogP contribution < -0.4 is 0 Å². The third kappa shape index (κ3) is 3.45. The number of thioether (sulfide) groups is 1. The van der Waals surface area contributed by atoms with Crippen molar-refractivity contribution >= 4 is 46.0 Å². The van der Waals surface area contributed by atoms with Crippen molar-refractivity contribution in [1.29, 1.82) is 0 Å². The lowest BCUT2D eigenvalue weighted by molar-refractivity contribution is 0.946. The van der Waals surface area contributed by atoms with E-state index in [1.165, 1.54) is 0 Å². The van der Waals surface area contributed by atoms with Crippen LogP contribution in [0.25, 0.3) is 0 Å². The molecule has 0 aliphatic carbocycles. The third-order valence-corrected chi connectivity index (χ3v) is 3.31. The predicted octanol–water partition coefficient (Wildman–Crippen LogP) is 2.80. The molecule has 12 heavy (non-hydrogen) atoms. The Hall–Kier alpha value is 0.450. The molecule has 1 aromatic heterocycles. The average molecular weight is 315 g/mol. The number of alkyl halides is 1. The highest BCUT2D eigenvalue weighted by Crippen LogP contribution is 2.19. The first-order valence-corrected chi connectivity index (χ1v) is 5.92. The Balaban J connectivity index is 2.58. The Kier molecular flexibility index (Phi) is 4.60. The summed E-state index contributed by atoms with van der Waals surface area (Å²) in [6, 6.07) is 0. The molecule has 0 fully saturated rings. The Morgan fingerprint density at radius 1 is 1.58 bits per heavy atom. The van der Waals surface area contributed by atoms with Gasteiger partial charge in [0, 0.05) is 27.1 Å². The minimum Gasteiger partial charge on any atom is -0.230 e. The minimum absolute atomic E-state index is 0.367. The van der Waals surface area contributed by atoms with Crippen molar-refractivity contribution in [3.63, 3.8) is 0 Å². The second kappa shape index (κ2) is 5.24. The molecule has 2 nitrogen and oxygen atoms in total. The maximum absolute atomic E-state index is 5.66. The zero-order valence-electron chi connectivity index (χ0n) is 6.50. The molecule has 0 N–H and O–H groups in total. The van der Waals surface area contributed by atoms with Gasteiger partial charge >= 0.3 is 0 Å². The third-order valence-electron chi connectivity index (χ3n) is 1.12. The lowest BCUT2D eigenvalue weighted by Gasteiger charge is -2.03. The van der Waals surface area contributed by atoms with E-state index >= 15 is 0 Å². The van der Waals surface area contributed by atoms with E-state index < -0.39 is 0 Å². The van der Waals surface area contributed by atoms with Crippen molar-refractivity contribution in [2.75, 3.05) is 5.88 Å². The molecule has 0 radical (unpaired) electrons. The van der Waals surface area contributed by atoms with Gasteiger partial charge in [-0.3, -0.25) is 0 Å². The summed E-state index contributed by atoms with van der Waals surface area (Å²) in [5, 5.41) is 1.16. The quantitative estimate of drug-likeness (QED) is 0.371. The first kappa shape index (κ1) is 10.5. The van der Waals surface area contributed by atoms with Gasteiger partial charge in [0.25, 0.3) is 0 Å². The zero-order chi connectivity index (χ0) is 8.97. The van der Waals surface area contributed by atoms with Crippen LogP contribution in [0.15, 0.2) is 17.6 Å². The van der Waals surface area contributed by atoms with Gasteiger partial charge in [0.15, 0.2) is 5.16 Å². The lowest BCUT2D eigenvalue weighted by atomic mass is 10.6. The Labute approximate surface area is 94.7 Å². The first-order valence-electron chi connectivity index (χ1n) is 3.42. The SMILES string of the molecule is CC(CCl)Sc1ncc(I)cn1. The van der Waals surface area contributed by atoms with Gasteiger partial charge in [-0.15, -0.1) is 11.6 Å². The average Bonchev–Trinajstić information content (AvgIpc) is 2.09. The van der Waals surface area contributed by atoms with Crippen LogP contribution in [0.3, 0.4) is 0 Å². The summed E-state index contributed by atoms with van der Waals surface area (Å²) in [6.07, 6.45) is 3.60. The van der Waals surface area contributed by atoms with Crippen molar-refractivity contribution in [2.24, 2.45) is 0 Å². The summed E-state index contributed by atoms with van der Waals surface area (Å²) in [5.74, 6) is 0.625. The summed E-state index contributed by atoms with van der Waals surface area (Å²) in [7, 11) is 0. The zero-order valence-corrected chi connectivity index (χ0v) is 10.2. The summed E-state index contributed by atoms with van der Waals surface area (Å²) >= 11 is 9.43. The van der Waals surface area contributed by atoms with Crippen molar-refractivity contribution < 1.29 is 0 Å². The maximum Gasteiger partial charge on any atom is 0.187 e. The highest BCUT2D eigenvalue weighted by molar-refractivity contribution is 14.1. The predicted molar refractivity (Wildman–Crippen MR) is 60.8 cm³/mol. The van der Waals surface area contributed by atoms with Crippen molar-refractivity contribution in [3.8, 4) is 0 Å². The molecule has 0 aliphatic heterocycles. The number of halogens is 2. The normalized spacial score (nSPS) is 12.9. The molecule has 5 heteroatoms. The van der Waals surface area contributed by atoms with E-state index in [1.807, 2.05) is 0 Å². The Morgan fingerprint density at radius 2 is 2.17 bits per heavy atom.